The topological polar surface area (TPSA) is 35.8 Å². The standard InChI is InChI=1S/C11H12N2.ClH/c12-7-8-13-11-6-5-9-3-1-2-4-10(9)11;/h1-4,11,13H,5-6,8H2;1H. The number of nitriles is 1. The van der Waals surface area contributed by atoms with Gasteiger partial charge in [0.05, 0.1) is 12.6 Å². The molecule has 0 bridgehead atoms. The third-order valence-corrected chi connectivity index (χ3v) is 2.56. The average molecular weight is 209 g/mol. The van der Waals surface area contributed by atoms with Gasteiger partial charge in [0.15, 0.2) is 0 Å². The minimum absolute atomic E-state index is 0. The first-order valence-electron chi connectivity index (χ1n) is 4.60. The summed E-state index contributed by atoms with van der Waals surface area (Å²) in [5.74, 6) is 0. The largest absolute Gasteiger partial charge is 0.298 e. The van der Waals surface area contributed by atoms with Crippen molar-refractivity contribution in [2.75, 3.05) is 6.54 Å². The molecule has 0 aliphatic heterocycles. The second-order valence-corrected chi connectivity index (χ2v) is 3.33. The highest BCUT2D eigenvalue weighted by atomic mass is 35.5. The first kappa shape index (κ1) is 11.0. The molecule has 1 aliphatic rings. The van der Waals surface area contributed by atoms with E-state index in [1.807, 2.05) is 0 Å². The van der Waals surface area contributed by atoms with Crippen LogP contribution < -0.4 is 5.32 Å². The summed E-state index contributed by atoms with van der Waals surface area (Å²) in [5.41, 5.74) is 2.80. The average Bonchev–Trinajstić information content (AvgIpc) is 2.58. The van der Waals surface area contributed by atoms with E-state index in [0.717, 1.165) is 12.8 Å². The zero-order valence-corrected chi connectivity index (χ0v) is 8.68. The zero-order chi connectivity index (χ0) is 9.10. The van der Waals surface area contributed by atoms with Gasteiger partial charge in [-0.1, -0.05) is 24.3 Å². The second kappa shape index (κ2) is 4.99. The normalized spacial score (nSPS) is 18.1. The van der Waals surface area contributed by atoms with Gasteiger partial charge in [0.2, 0.25) is 0 Å². The second-order valence-electron chi connectivity index (χ2n) is 3.33. The fraction of sp³-hybridized carbons (Fsp3) is 0.364. The predicted molar refractivity (Wildman–Crippen MR) is 58.4 cm³/mol. The van der Waals surface area contributed by atoms with Gasteiger partial charge in [-0.2, -0.15) is 5.26 Å². The Kier molecular flexibility index (Phi) is 3.94. The van der Waals surface area contributed by atoms with E-state index in [1.165, 1.54) is 11.1 Å². The first-order valence-corrected chi connectivity index (χ1v) is 4.60. The van der Waals surface area contributed by atoms with E-state index in [9.17, 15) is 0 Å². The van der Waals surface area contributed by atoms with Gasteiger partial charge in [0.1, 0.15) is 0 Å². The summed E-state index contributed by atoms with van der Waals surface area (Å²) in [5, 5.41) is 11.7. The van der Waals surface area contributed by atoms with E-state index in [4.69, 9.17) is 5.26 Å². The Morgan fingerprint density at radius 2 is 2.21 bits per heavy atom. The molecule has 0 heterocycles. The van der Waals surface area contributed by atoms with Crippen LogP contribution in [0.1, 0.15) is 23.6 Å². The van der Waals surface area contributed by atoms with Crippen LogP contribution >= 0.6 is 12.4 Å². The highest BCUT2D eigenvalue weighted by molar-refractivity contribution is 5.85. The van der Waals surface area contributed by atoms with Crippen LogP contribution in [-0.2, 0) is 6.42 Å². The van der Waals surface area contributed by atoms with Gasteiger partial charge < -0.3 is 0 Å². The molecule has 3 heteroatoms. The molecule has 1 aromatic rings. The van der Waals surface area contributed by atoms with E-state index >= 15 is 0 Å². The van der Waals surface area contributed by atoms with Gasteiger partial charge >= 0.3 is 0 Å². The van der Waals surface area contributed by atoms with Crippen LogP contribution in [0.3, 0.4) is 0 Å². The smallest absolute Gasteiger partial charge is 0.0845 e. The van der Waals surface area contributed by atoms with Crippen molar-refractivity contribution in [2.24, 2.45) is 0 Å². The summed E-state index contributed by atoms with van der Waals surface area (Å²) in [6, 6.07) is 11.0. The van der Waals surface area contributed by atoms with Crippen molar-refractivity contribution in [3.05, 3.63) is 35.4 Å². The minimum Gasteiger partial charge on any atom is -0.298 e. The fourth-order valence-electron chi connectivity index (χ4n) is 1.94. The van der Waals surface area contributed by atoms with Crippen LogP contribution in [-0.4, -0.2) is 6.54 Å². The van der Waals surface area contributed by atoms with Gasteiger partial charge in [-0.15, -0.1) is 12.4 Å². The molecular weight excluding hydrogens is 196 g/mol. The lowest BCUT2D eigenvalue weighted by molar-refractivity contribution is 0.567. The van der Waals surface area contributed by atoms with Crippen molar-refractivity contribution < 1.29 is 0 Å². The summed E-state index contributed by atoms with van der Waals surface area (Å²) in [4.78, 5) is 0. The van der Waals surface area contributed by atoms with Gasteiger partial charge in [-0.3, -0.25) is 5.32 Å². The highest BCUT2D eigenvalue weighted by Gasteiger charge is 2.20. The maximum Gasteiger partial charge on any atom is 0.0845 e. The summed E-state index contributed by atoms with van der Waals surface area (Å²) in [6.45, 7) is 0.443. The molecule has 2 nitrogen and oxygen atoms in total. The number of fused-ring (bicyclic) bond motifs is 1. The Bertz CT molecular complexity index is 343. The number of benzene rings is 1. The van der Waals surface area contributed by atoms with Crippen molar-refractivity contribution in [2.45, 2.75) is 18.9 Å². The first-order chi connectivity index (χ1) is 6.42. The highest BCUT2D eigenvalue weighted by Crippen LogP contribution is 2.30. The molecule has 0 spiro atoms. The van der Waals surface area contributed by atoms with Crippen molar-refractivity contribution in [3.8, 4) is 6.07 Å². The Labute approximate surface area is 90.3 Å². The number of nitrogens with one attached hydrogen (secondary N) is 1. The predicted octanol–water partition coefficient (Wildman–Crippen LogP) is 2.21. The number of halogens is 1. The minimum atomic E-state index is 0. The molecule has 1 N–H and O–H groups in total. The molecular formula is C11H13ClN2. The van der Waals surface area contributed by atoms with Crippen LogP contribution in [0, 0.1) is 11.3 Å². The van der Waals surface area contributed by atoms with E-state index in [1.54, 1.807) is 0 Å². The number of nitrogens with zero attached hydrogens (tertiary/aromatic N) is 1. The lowest BCUT2D eigenvalue weighted by Crippen LogP contribution is -2.19. The Balaban J connectivity index is 0.000000980. The summed E-state index contributed by atoms with van der Waals surface area (Å²) in [6.07, 6.45) is 2.26. The molecule has 1 aliphatic carbocycles. The van der Waals surface area contributed by atoms with Gasteiger partial charge in [-0.25, -0.2) is 0 Å². The maximum atomic E-state index is 8.46. The van der Waals surface area contributed by atoms with Crippen LogP contribution in [0.4, 0.5) is 0 Å². The van der Waals surface area contributed by atoms with E-state index in [2.05, 4.69) is 35.7 Å². The Hall–Kier alpha value is -1.04. The maximum absolute atomic E-state index is 8.46. The van der Waals surface area contributed by atoms with E-state index < -0.39 is 0 Å². The molecule has 0 saturated heterocycles. The Morgan fingerprint density at radius 1 is 1.43 bits per heavy atom. The summed E-state index contributed by atoms with van der Waals surface area (Å²) in [7, 11) is 0. The summed E-state index contributed by atoms with van der Waals surface area (Å²) < 4.78 is 0. The lowest BCUT2D eigenvalue weighted by atomic mass is 10.1. The molecule has 0 amide bonds. The number of hydrogen-bond donors (Lipinski definition) is 1. The van der Waals surface area contributed by atoms with Crippen molar-refractivity contribution >= 4 is 12.4 Å². The third-order valence-electron chi connectivity index (χ3n) is 2.56. The number of aryl methyl sites for hydroxylation is 1. The third kappa shape index (κ3) is 2.06. The van der Waals surface area contributed by atoms with Crippen LogP contribution in [0.15, 0.2) is 24.3 Å². The molecule has 74 valence electrons. The zero-order valence-electron chi connectivity index (χ0n) is 7.86. The fourth-order valence-corrected chi connectivity index (χ4v) is 1.94. The lowest BCUT2D eigenvalue weighted by Gasteiger charge is -2.10. The molecule has 1 atom stereocenters. The van der Waals surface area contributed by atoms with Crippen molar-refractivity contribution in [3.63, 3.8) is 0 Å². The van der Waals surface area contributed by atoms with Crippen LogP contribution in [0.5, 0.6) is 0 Å². The monoisotopic (exact) mass is 208 g/mol. The molecule has 14 heavy (non-hydrogen) atoms. The van der Waals surface area contributed by atoms with Crippen LogP contribution in [0.2, 0.25) is 0 Å². The quantitative estimate of drug-likeness (QED) is 0.757. The Morgan fingerprint density at radius 3 is 3.00 bits per heavy atom. The molecule has 2 rings (SSSR count). The van der Waals surface area contributed by atoms with E-state index in [0.29, 0.717) is 12.6 Å². The van der Waals surface area contributed by atoms with Gasteiger partial charge in [0, 0.05) is 6.04 Å². The number of hydrogen-bond acceptors (Lipinski definition) is 2. The number of rotatable bonds is 2. The molecule has 1 unspecified atom stereocenters. The molecule has 0 saturated carbocycles. The van der Waals surface area contributed by atoms with Gasteiger partial charge in [0.25, 0.3) is 0 Å². The molecule has 0 radical (unpaired) electrons. The molecule has 0 aromatic heterocycles. The van der Waals surface area contributed by atoms with E-state index in [-0.39, 0.29) is 12.4 Å². The van der Waals surface area contributed by atoms with Gasteiger partial charge in [-0.05, 0) is 24.0 Å². The molecule has 0 fully saturated rings. The van der Waals surface area contributed by atoms with Crippen LogP contribution in [0.25, 0.3) is 0 Å². The molecule has 1 aromatic carbocycles. The SMILES string of the molecule is Cl.N#CCNC1CCc2ccccc21. The summed E-state index contributed by atoms with van der Waals surface area (Å²) >= 11 is 0. The van der Waals surface area contributed by atoms with Crippen molar-refractivity contribution in [1.29, 1.82) is 5.26 Å². The van der Waals surface area contributed by atoms with Crippen molar-refractivity contribution in [1.82, 2.24) is 5.32 Å².